The average molecular weight is 233 g/mol. The largest absolute Gasteiger partial charge is 0.444 e. The normalized spacial score (nSPS) is 9.75. The summed E-state index contributed by atoms with van der Waals surface area (Å²) >= 11 is 1.29. The smallest absolute Gasteiger partial charge is 0.413 e. The Hall–Kier alpha value is -1.88. The second-order valence-corrected chi connectivity index (χ2v) is 3.83. The first-order chi connectivity index (χ1) is 7.84. The van der Waals surface area contributed by atoms with Crippen molar-refractivity contribution in [3.8, 4) is 0 Å². The molecule has 1 heterocycles. The van der Waals surface area contributed by atoms with E-state index < -0.39 is 6.09 Å². The van der Waals surface area contributed by atoms with Gasteiger partial charge in [-0.2, -0.15) is 0 Å². The summed E-state index contributed by atoms with van der Waals surface area (Å²) in [5.74, 6) is 0. The summed E-state index contributed by atoms with van der Waals surface area (Å²) in [6, 6.07) is 9.49. The van der Waals surface area contributed by atoms with Gasteiger partial charge in [0.2, 0.25) is 0 Å². The lowest BCUT2D eigenvalue weighted by atomic mass is 10.2. The maximum absolute atomic E-state index is 11.3. The number of hydrogen-bond acceptors (Lipinski definition) is 4. The molecule has 0 spiro atoms. The van der Waals surface area contributed by atoms with Crippen LogP contribution in [0.3, 0.4) is 0 Å². The fourth-order valence-corrected chi connectivity index (χ4v) is 1.56. The van der Waals surface area contributed by atoms with Crippen LogP contribution in [0.1, 0.15) is 5.56 Å². The van der Waals surface area contributed by atoms with Crippen molar-refractivity contribution in [1.29, 1.82) is 0 Å². The van der Waals surface area contributed by atoms with Crippen LogP contribution in [-0.4, -0.2) is 11.1 Å². The summed E-state index contributed by atoms with van der Waals surface area (Å²) in [6.07, 6.45) is 2.10. The van der Waals surface area contributed by atoms with Gasteiger partial charge in [-0.15, -0.1) is 11.3 Å². The molecular formula is C11H9N2O2S. The number of nitrogens with one attached hydrogen (secondary N) is 1. The Morgan fingerprint density at radius 1 is 1.44 bits per heavy atom. The number of aromatic nitrogens is 1. The second-order valence-electron chi connectivity index (χ2n) is 2.97. The summed E-state index contributed by atoms with van der Waals surface area (Å²) in [7, 11) is 0. The first-order valence-corrected chi connectivity index (χ1v) is 5.52. The first-order valence-electron chi connectivity index (χ1n) is 4.64. The average Bonchev–Trinajstić information content (AvgIpc) is 2.81. The van der Waals surface area contributed by atoms with Crippen molar-refractivity contribution in [3.05, 3.63) is 47.5 Å². The molecule has 1 aromatic carbocycles. The fourth-order valence-electron chi connectivity index (χ4n) is 1.10. The Balaban J connectivity index is 1.80. The van der Waals surface area contributed by atoms with Gasteiger partial charge in [0.25, 0.3) is 0 Å². The third-order valence-corrected chi connectivity index (χ3v) is 2.45. The minimum Gasteiger partial charge on any atom is -0.444 e. The van der Waals surface area contributed by atoms with Gasteiger partial charge in [-0.1, -0.05) is 30.3 Å². The third-order valence-electron chi connectivity index (χ3n) is 1.81. The molecule has 0 saturated heterocycles. The number of thiazole rings is 1. The van der Waals surface area contributed by atoms with E-state index in [4.69, 9.17) is 4.74 Å². The fraction of sp³-hybridized carbons (Fsp3) is 0.0909. The number of ether oxygens (including phenoxy) is 1. The number of carbonyl (C=O) groups is 1. The number of anilines is 1. The lowest BCUT2D eigenvalue weighted by Crippen LogP contribution is -2.13. The van der Waals surface area contributed by atoms with Gasteiger partial charge in [0, 0.05) is 5.38 Å². The molecule has 0 aliphatic heterocycles. The quantitative estimate of drug-likeness (QED) is 0.886. The van der Waals surface area contributed by atoms with Crippen LogP contribution >= 0.6 is 11.3 Å². The summed E-state index contributed by atoms with van der Waals surface area (Å²) < 4.78 is 5.00. The van der Waals surface area contributed by atoms with E-state index in [9.17, 15) is 4.79 Å². The highest BCUT2D eigenvalue weighted by Gasteiger charge is 2.04. The molecule has 5 heteroatoms. The zero-order valence-corrected chi connectivity index (χ0v) is 9.16. The molecule has 0 atom stereocenters. The summed E-state index contributed by atoms with van der Waals surface area (Å²) in [5.41, 5.74) is 0.948. The van der Waals surface area contributed by atoms with Crippen molar-refractivity contribution < 1.29 is 9.53 Å². The van der Waals surface area contributed by atoms with Crippen molar-refractivity contribution in [2.24, 2.45) is 0 Å². The van der Waals surface area contributed by atoms with Gasteiger partial charge in [-0.3, -0.25) is 5.32 Å². The molecule has 0 aliphatic rings. The number of benzene rings is 1. The number of carbonyl (C=O) groups excluding carboxylic acids is 1. The molecule has 0 saturated carbocycles. The molecule has 1 amide bonds. The van der Waals surface area contributed by atoms with Gasteiger partial charge in [0.05, 0.1) is 0 Å². The number of rotatable bonds is 3. The SMILES string of the molecule is O=C(Nc1n[c]cs1)OCc1ccccc1. The van der Waals surface area contributed by atoms with Crippen molar-refractivity contribution in [2.45, 2.75) is 6.61 Å². The third kappa shape index (κ3) is 3.06. The molecule has 2 aromatic rings. The Kier molecular flexibility index (Phi) is 3.50. The van der Waals surface area contributed by atoms with E-state index in [-0.39, 0.29) is 6.61 Å². The maximum atomic E-state index is 11.3. The molecule has 4 nitrogen and oxygen atoms in total. The summed E-state index contributed by atoms with van der Waals surface area (Å²) in [5, 5.41) is 4.65. The van der Waals surface area contributed by atoms with Gasteiger partial charge in [0.15, 0.2) is 5.13 Å². The summed E-state index contributed by atoms with van der Waals surface area (Å²) in [4.78, 5) is 15.1. The molecule has 81 valence electrons. The van der Waals surface area contributed by atoms with E-state index in [1.54, 1.807) is 5.38 Å². The predicted octanol–water partition coefficient (Wildman–Crippen LogP) is 2.69. The first kappa shape index (κ1) is 10.6. The highest BCUT2D eigenvalue weighted by Crippen LogP contribution is 2.10. The Morgan fingerprint density at radius 3 is 2.94 bits per heavy atom. The maximum Gasteiger partial charge on any atom is 0.413 e. The van der Waals surface area contributed by atoms with Crippen molar-refractivity contribution >= 4 is 22.6 Å². The van der Waals surface area contributed by atoms with Crippen LogP contribution in [0, 0.1) is 6.20 Å². The lowest BCUT2D eigenvalue weighted by Gasteiger charge is -2.04. The highest BCUT2D eigenvalue weighted by molar-refractivity contribution is 7.13. The molecular weight excluding hydrogens is 224 g/mol. The molecule has 1 aromatic heterocycles. The Morgan fingerprint density at radius 2 is 2.25 bits per heavy atom. The van der Waals surface area contributed by atoms with E-state index in [2.05, 4.69) is 16.5 Å². The van der Waals surface area contributed by atoms with Crippen molar-refractivity contribution in [3.63, 3.8) is 0 Å². The van der Waals surface area contributed by atoms with Gasteiger partial charge in [-0.05, 0) is 5.56 Å². The molecule has 0 bridgehead atoms. The van der Waals surface area contributed by atoms with E-state index in [0.29, 0.717) is 5.13 Å². The number of nitrogens with zero attached hydrogens (tertiary/aromatic N) is 1. The molecule has 1 N–H and O–H groups in total. The number of hydrogen-bond donors (Lipinski definition) is 1. The summed E-state index contributed by atoms with van der Waals surface area (Å²) in [6.45, 7) is 0.252. The van der Waals surface area contributed by atoms with Crippen LogP contribution in [0.15, 0.2) is 35.7 Å². The van der Waals surface area contributed by atoms with Crippen LogP contribution in [-0.2, 0) is 11.3 Å². The standard InChI is InChI=1S/C11H9N2O2S/c14-11(13-10-12-6-7-16-10)15-8-9-4-2-1-3-5-9/h1-5,7H,8H2,(H,12,13,14). The lowest BCUT2D eigenvalue weighted by molar-refractivity contribution is 0.155. The molecule has 0 unspecified atom stereocenters. The molecule has 0 aliphatic carbocycles. The van der Waals surface area contributed by atoms with Crippen LogP contribution in [0.4, 0.5) is 9.93 Å². The van der Waals surface area contributed by atoms with Crippen molar-refractivity contribution in [2.75, 3.05) is 5.32 Å². The predicted molar refractivity (Wildman–Crippen MR) is 61.2 cm³/mol. The van der Waals surface area contributed by atoms with Gasteiger partial charge in [0.1, 0.15) is 12.8 Å². The van der Waals surface area contributed by atoms with Crippen molar-refractivity contribution in [1.82, 2.24) is 4.98 Å². The van der Waals surface area contributed by atoms with E-state index in [0.717, 1.165) is 5.56 Å². The highest BCUT2D eigenvalue weighted by atomic mass is 32.1. The molecule has 1 radical (unpaired) electrons. The minimum atomic E-state index is -0.507. The monoisotopic (exact) mass is 233 g/mol. The zero-order valence-electron chi connectivity index (χ0n) is 8.34. The topological polar surface area (TPSA) is 51.2 Å². The van der Waals surface area contributed by atoms with E-state index >= 15 is 0 Å². The number of amides is 1. The van der Waals surface area contributed by atoms with Crippen LogP contribution in [0.5, 0.6) is 0 Å². The minimum absolute atomic E-state index is 0.252. The second kappa shape index (κ2) is 5.27. The van der Waals surface area contributed by atoms with Gasteiger partial charge >= 0.3 is 6.09 Å². The van der Waals surface area contributed by atoms with E-state index in [1.165, 1.54) is 11.3 Å². The molecule has 0 fully saturated rings. The van der Waals surface area contributed by atoms with Crippen LogP contribution in [0.25, 0.3) is 0 Å². The Labute approximate surface area is 96.9 Å². The zero-order chi connectivity index (χ0) is 11.2. The Bertz CT molecular complexity index is 442. The van der Waals surface area contributed by atoms with Crippen LogP contribution < -0.4 is 5.32 Å². The van der Waals surface area contributed by atoms with E-state index in [1.807, 2.05) is 30.3 Å². The molecule has 16 heavy (non-hydrogen) atoms. The van der Waals surface area contributed by atoms with Crippen LogP contribution in [0.2, 0.25) is 0 Å². The molecule has 2 rings (SSSR count). The van der Waals surface area contributed by atoms with Gasteiger partial charge < -0.3 is 4.74 Å². The van der Waals surface area contributed by atoms with Gasteiger partial charge in [-0.25, -0.2) is 9.78 Å².